The molecule has 0 bridgehead atoms. The molecule has 0 saturated carbocycles. The molecule has 0 aromatic carbocycles. The SMILES string of the molecule is Cc1sccc1OCC1CNCCO1. The first-order valence-electron chi connectivity index (χ1n) is 4.85. The summed E-state index contributed by atoms with van der Waals surface area (Å²) >= 11 is 1.71. The van der Waals surface area contributed by atoms with E-state index in [0.717, 1.165) is 25.4 Å². The lowest BCUT2D eigenvalue weighted by Gasteiger charge is -2.23. The fourth-order valence-corrected chi connectivity index (χ4v) is 2.07. The molecule has 1 N–H and O–H groups in total. The van der Waals surface area contributed by atoms with Crippen LogP contribution in [0.1, 0.15) is 4.88 Å². The third kappa shape index (κ3) is 2.47. The van der Waals surface area contributed by atoms with Crippen LogP contribution in [0.15, 0.2) is 11.4 Å². The molecule has 2 heterocycles. The van der Waals surface area contributed by atoms with Crippen LogP contribution in [0.2, 0.25) is 0 Å². The van der Waals surface area contributed by atoms with Gasteiger partial charge in [0.1, 0.15) is 18.5 Å². The Hall–Kier alpha value is -0.580. The normalized spacial score (nSPS) is 22.2. The van der Waals surface area contributed by atoms with Gasteiger partial charge in [0.15, 0.2) is 0 Å². The number of thiophene rings is 1. The van der Waals surface area contributed by atoms with E-state index in [0.29, 0.717) is 6.61 Å². The molecule has 1 unspecified atom stereocenters. The Labute approximate surface area is 88.0 Å². The first-order valence-corrected chi connectivity index (χ1v) is 5.73. The molecule has 0 radical (unpaired) electrons. The molecule has 1 aromatic heterocycles. The molecule has 1 saturated heterocycles. The van der Waals surface area contributed by atoms with Crippen molar-refractivity contribution in [3.05, 3.63) is 16.3 Å². The summed E-state index contributed by atoms with van der Waals surface area (Å²) in [6.07, 6.45) is 0.197. The fraction of sp³-hybridized carbons (Fsp3) is 0.600. The van der Waals surface area contributed by atoms with Crippen LogP contribution in [0.4, 0.5) is 0 Å². The van der Waals surface area contributed by atoms with Crippen LogP contribution >= 0.6 is 11.3 Å². The van der Waals surface area contributed by atoms with E-state index in [1.807, 2.05) is 11.4 Å². The van der Waals surface area contributed by atoms with Crippen molar-refractivity contribution in [1.82, 2.24) is 5.32 Å². The van der Waals surface area contributed by atoms with Gasteiger partial charge in [-0.1, -0.05) is 0 Å². The van der Waals surface area contributed by atoms with Crippen LogP contribution in [0.3, 0.4) is 0 Å². The van der Waals surface area contributed by atoms with Gasteiger partial charge >= 0.3 is 0 Å². The van der Waals surface area contributed by atoms with Crippen molar-refractivity contribution in [3.63, 3.8) is 0 Å². The van der Waals surface area contributed by atoms with E-state index in [-0.39, 0.29) is 6.10 Å². The number of hydrogen-bond donors (Lipinski definition) is 1. The van der Waals surface area contributed by atoms with E-state index < -0.39 is 0 Å². The molecule has 2 rings (SSSR count). The van der Waals surface area contributed by atoms with Gasteiger partial charge in [-0.15, -0.1) is 11.3 Å². The van der Waals surface area contributed by atoms with Crippen LogP contribution in [-0.4, -0.2) is 32.4 Å². The summed E-state index contributed by atoms with van der Waals surface area (Å²) in [5, 5.41) is 5.32. The third-order valence-electron chi connectivity index (χ3n) is 2.24. The molecule has 0 aliphatic carbocycles. The van der Waals surface area contributed by atoms with E-state index in [9.17, 15) is 0 Å². The third-order valence-corrected chi connectivity index (χ3v) is 3.07. The number of morpholine rings is 1. The van der Waals surface area contributed by atoms with E-state index in [1.165, 1.54) is 4.88 Å². The molecule has 14 heavy (non-hydrogen) atoms. The van der Waals surface area contributed by atoms with Gasteiger partial charge in [-0.3, -0.25) is 0 Å². The van der Waals surface area contributed by atoms with E-state index >= 15 is 0 Å². The van der Waals surface area contributed by atoms with Crippen molar-refractivity contribution >= 4 is 11.3 Å². The standard InChI is InChI=1S/C10H15NO2S/c1-8-10(2-5-14-8)13-7-9-6-11-3-4-12-9/h2,5,9,11H,3-4,6-7H2,1H3. The summed E-state index contributed by atoms with van der Waals surface area (Å²) in [5.74, 6) is 0.990. The van der Waals surface area contributed by atoms with Crippen LogP contribution < -0.4 is 10.1 Å². The molecule has 3 nitrogen and oxygen atoms in total. The molecule has 78 valence electrons. The zero-order valence-electron chi connectivity index (χ0n) is 8.29. The molecule has 1 aliphatic heterocycles. The van der Waals surface area contributed by atoms with Crippen molar-refractivity contribution in [2.75, 3.05) is 26.3 Å². The van der Waals surface area contributed by atoms with E-state index in [4.69, 9.17) is 9.47 Å². The summed E-state index contributed by atoms with van der Waals surface area (Å²) in [4.78, 5) is 1.23. The lowest BCUT2D eigenvalue weighted by molar-refractivity contribution is 0.000171. The Morgan fingerprint density at radius 2 is 2.64 bits per heavy atom. The predicted octanol–water partition coefficient (Wildman–Crippen LogP) is 1.42. The minimum absolute atomic E-state index is 0.197. The fourth-order valence-electron chi connectivity index (χ4n) is 1.43. The first-order chi connectivity index (χ1) is 6.86. The molecule has 1 aliphatic rings. The highest BCUT2D eigenvalue weighted by molar-refractivity contribution is 7.10. The second kappa shape index (κ2) is 4.77. The second-order valence-electron chi connectivity index (χ2n) is 3.35. The molecule has 4 heteroatoms. The Morgan fingerprint density at radius 1 is 1.71 bits per heavy atom. The summed E-state index contributed by atoms with van der Waals surface area (Å²) < 4.78 is 11.2. The monoisotopic (exact) mass is 213 g/mol. The molecule has 1 fully saturated rings. The van der Waals surface area contributed by atoms with Gasteiger partial charge in [-0.25, -0.2) is 0 Å². The maximum Gasteiger partial charge on any atom is 0.133 e. The smallest absolute Gasteiger partial charge is 0.133 e. The van der Waals surface area contributed by atoms with Crippen LogP contribution in [0.5, 0.6) is 5.75 Å². The summed E-state index contributed by atoms with van der Waals surface area (Å²) in [6, 6.07) is 2.01. The zero-order chi connectivity index (χ0) is 9.80. The molecule has 1 atom stereocenters. The molecule has 1 aromatic rings. The largest absolute Gasteiger partial charge is 0.490 e. The first kappa shape index (κ1) is 9.96. The summed E-state index contributed by atoms with van der Waals surface area (Å²) in [5.41, 5.74) is 0. The van der Waals surface area contributed by atoms with Gasteiger partial charge in [0.05, 0.1) is 6.61 Å². The highest BCUT2D eigenvalue weighted by atomic mass is 32.1. The van der Waals surface area contributed by atoms with Crippen LogP contribution in [0.25, 0.3) is 0 Å². The lowest BCUT2D eigenvalue weighted by Crippen LogP contribution is -2.41. The van der Waals surface area contributed by atoms with Gasteiger partial charge in [0, 0.05) is 18.0 Å². The molecule has 0 spiro atoms. The van der Waals surface area contributed by atoms with Gasteiger partial charge in [0.25, 0.3) is 0 Å². The Bertz CT molecular complexity index is 281. The number of rotatable bonds is 3. The van der Waals surface area contributed by atoms with Crippen molar-refractivity contribution in [1.29, 1.82) is 0 Å². The van der Waals surface area contributed by atoms with Gasteiger partial charge in [0.2, 0.25) is 0 Å². The summed E-state index contributed by atoms with van der Waals surface area (Å²) in [6.45, 7) is 5.35. The minimum atomic E-state index is 0.197. The second-order valence-corrected chi connectivity index (χ2v) is 4.47. The van der Waals surface area contributed by atoms with Gasteiger partial charge in [-0.2, -0.15) is 0 Å². The van der Waals surface area contributed by atoms with E-state index in [2.05, 4.69) is 12.2 Å². The van der Waals surface area contributed by atoms with Gasteiger partial charge in [-0.05, 0) is 18.4 Å². The Morgan fingerprint density at radius 3 is 3.29 bits per heavy atom. The molecule has 0 amide bonds. The Balaban J connectivity index is 1.79. The van der Waals surface area contributed by atoms with Crippen molar-refractivity contribution in [3.8, 4) is 5.75 Å². The summed E-state index contributed by atoms with van der Waals surface area (Å²) in [7, 11) is 0. The maximum absolute atomic E-state index is 5.66. The minimum Gasteiger partial charge on any atom is -0.490 e. The lowest BCUT2D eigenvalue weighted by atomic mass is 10.3. The average molecular weight is 213 g/mol. The van der Waals surface area contributed by atoms with Crippen LogP contribution in [0, 0.1) is 6.92 Å². The Kier molecular flexibility index (Phi) is 3.39. The molecular formula is C10H15NO2S. The molecular weight excluding hydrogens is 198 g/mol. The number of aryl methyl sites for hydroxylation is 1. The zero-order valence-corrected chi connectivity index (χ0v) is 9.10. The number of hydrogen-bond acceptors (Lipinski definition) is 4. The maximum atomic E-state index is 5.66. The predicted molar refractivity (Wildman–Crippen MR) is 57.2 cm³/mol. The van der Waals surface area contributed by atoms with Crippen molar-refractivity contribution in [2.24, 2.45) is 0 Å². The van der Waals surface area contributed by atoms with Gasteiger partial charge < -0.3 is 14.8 Å². The van der Waals surface area contributed by atoms with E-state index in [1.54, 1.807) is 11.3 Å². The topological polar surface area (TPSA) is 30.5 Å². The highest BCUT2D eigenvalue weighted by Gasteiger charge is 2.14. The quantitative estimate of drug-likeness (QED) is 0.824. The van der Waals surface area contributed by atoms with Crippen molar-refractivity contribution < 1.29 is 9.47 Å². The number of ether oxygens (including phenoxy) is 2. The van der Waals surface area contributed by atoms with Crippen molar-refractivity contribution in [2.45, 2.75) is 13.0 Å². The number of nitrogens with one attached hydrogen (secondary N) is 1. The average Bonchev–Trinajstić information content (AvgIpc) is 2.63. The van der Waals surface area contributed by atoms with Crippen LogP contribution in [-0.2, 0) is 4.74 Å². The highest BCUT2D eigenvalue weighted by Crippen LogP contribution is 2.23.